The molecule has 4 saturated heterocycles. The molecule has 0 aromatic heterocycles. The van der Waals surface area contributed by atoms with E-state index in [4.69, 9.17) is 37.9 Å². The highest BCUT2D eigenvalue weighted by Gasteiger charge is 2.71. The van der Waals surface area contributed by atoms with Crippen LogP contribution in [0, 0.1) is 51.2 Å². The van der Waals surface area contributed by atoms with Crippen LogP contribution in [-0.2, 0) is 37.9 Å². The molecule has 4 aliphatic heterocycles. The second-order valence-corrected chi connectivity index (χ2v) is 26.4. The van der Waals surface area contributed by atoms with Crippen LogP contribution in [-0.4, -0.2) is 255 Å². The molecule has 8 aliphatic rings. The maximum Gasteiger partial charge on any atom is 0.187 e. The summed E-state index contributed by atoms with van der Waals surface area (Å²) in [6, 6.07) is 0. The Kier molecular flexibility index (Phi) is 19.3. The molecule has 79 heavy (non-hydrogen) atoms. The zero-order chi connectivity index (χ0) is 58.4. The number of aliphatic hydroxyl groups excluding tert-OH is 15. The average molecular weight is 1140 g/mol. The minimum atomic E-state index is -1.80. The second-order valence-electron chi connectivity index (χ2n) is 26.4. The number of hydrogen-bond donors (Lipinski definition) is 16. The fraction of sp³-hybridized carbons (Fsp3) is 0.964. The Hall–Kier alpha value is -1.22. The Morgan fingerprint density at radius 2 is 1.11 bits per heavy atom. The quantitative estimate of drug-likeness (QED) is 0.0646. The molecule has 0 spiro atoms. The topological polar surface area (TPSA) is 398 Å². The summed E-state index contributed by atoms with van der Waals surface area (Å²) in [5, 5.41) is 174. The lowest BCUT2D eigenvalue weighted by Gasteiger charge is -2.67. The van der Waals surface area contributed by atoms with Crippen molar-refractivity contribution in [2.45, 2.75) is 254 Å². The summed E-state index contributed by atoms with van der Waals surface area (Å²) in [7, 11) is 0. The summed E-state index contributed by atoms with van der Waals surface area (Å²) >= 11 is 0. The van der Waals surface area contributed by atoms with Gasteiger partial charge in [0.05, 0.1) is 68.7 Å². The van der Waals surface area contributed by atoms with E-state index in [1.165, 1.54) is 13.8 Å². The molecule has 4 heterocycles. The molecule has 31 atom stereocenters. The van der Waals surface area contributed by atoms with Gasteiger partial charge in [-0.2, -0.15) is 0 Å². The third-order valence-corrected chi connectivity index (χ3v) is 21.3. The van der Waals surface area contributed by atoms with Crippen molar-refractivity contribution in [1.29, 1.82) is 0 Å². The summed E-state index contributed by atoms with van der Waals surface area (Å²) in [6.07, 6.45) is -26.7. The molecular formula is C55H94O24. The highest BCUT2D eigenvalue weighted by atomic mass is 16.7. The number of allylic oxidation sites excluding steroid dienone is 1. The van der Waals surface area contributed by atoms with Crippen LogP contribution >= 0.6 is 0 Å². The van der Waals surface area contributed by atoms with Gasteiger partial charge in [0.25, 0.3) is 0 Å². The van der Waals surface area contributed by atoms with E-state index in [0.717, 1.165) is 18.4 Å². The van der Waals surface area contributed by atoms with Crippen LogP contribution in [0.15, 0.2) is 11.6 Å². The number of ether oxygens (including phenoxy) is 8. The molecule has 8 rings (SSSR count). The first-order chi connectivity index (χ1) is 36.8. The van der Waals surface area contributed by atoms with Gasteiger partial charge in [0, 0.05) is 23.2 Å². The van der Waals surface area contributed by atoms with Crippen LogP contribution in [0.1, 0.15) is 107 Å². The minimum Gasteiger partial charge on any atom is -0.394 e. The zero-order valence-electron chi connectivity index (χ0n) is 46.9. The van der Waals surface area contributed by atoms with E-state index in [1.807, 2.05) is 20.8 Å². The van der Waals surface area contributed by atoms with Crippen LogP contribution in [0.2, 0.25) is 0 Å². The van der Waals surface area contributed by atoms with E-state index in [9.17, 15) is 81.7 Å². The van der Waals surface area contributed by atoms with E-state index in [-0.39, 0.29) is 35.5 Å². The first-order valence-electron chi connectivity index (χ1n) is 28.4. The predicted octanol–water partition coefficient (Wildman–Crippen LogP) is -2.99. The highest BCUT2D eigenvalue weighted by molar-refractivity contribution is 5.32. The molecule has 0 amide bonds. The van der Waals surface area contributed by atoms with Crippen molar-refractivity contribution in [2.75, 3.05) is 26.4 Å². The van der Waals surface area contributed by atoms with Gasteiger partial charge in [0.2, 0.25) is 0 Å². The Bertz CT molecular complexity index is 2060. The van der Waals surface area contributed by atoms with Gasteiger partial charge in [-0.15, -0.1) is 0 Å². The Labute approximate surface area is 461 Å². The van der Waals surface area contributed by atoms with Crippen LogP contribution in [0.3, 0.4) is 0 Å². The standard InChI is InChI=1S/C55H94O24/c1-22(27(58)16-35(52(5,6)71)79-50-46(70)42(66)39(63)31(77-50)20-72-47-43(67)36(60)23(2)28(18-56)74-47)24-14-15-53(7)32-12-10-25-26(55(32,9)33(59)17-54(24,53)8)11-13-34(51(25,3)4)78-49-45(69)41(65)38(62)30(76-49)21-73-48-44(68)40(64)37(61)29(19-57)75-48/h10,22-24,26-50,56-71H,11-21H2,1-9H3/t22-,23+,24+,26+,27?,28+,29+,30+,31+,32-,33+,34-,35+,36-,37+,38+,39+,40-,41-,42-,43+,44+,45+,46+,47+,48+,49-,50-,53-,54+,55-/m0/s1. The first kappa shape index (κ1) is 63.8. The smallest absolute Gasteiger partial charge is 0.187 e. The van der Waals surface area contributed by atoms with Gasteiger partial charge in [-0.1, -0.05) is 60.1 Å². The maximum absolute atomic E-state index is 12.7. The number of rotatable bonds is 17. The molecule has 16 N–H and O–H groups in total. The fourth-order valence-electron chi connectivity index (χ4n) is 15.7. The van der Waals surface area contributed by atoms with Gasteiger partial charge in [-0.25, -0.2) is 0 Å². The molecule has 0 radical (unpaired) electrons. The van der Waals surface area contributed by atoms with Gasteiger partial charge in [-0.3, -0.25) is 0 Å². The summed E-state index contributed by atoms with van der Waals surface area (Å²) in [5.41, 5.74) is -2.57. The molecule has 24 nitrogen and oxygen atoms in total. The van der Waals surface area contributed by atoms with E-state index >= 15 is 0 Å². The van der Waals surface area contributed by atoms with Crippen molar-refractivity contribution < 1.29 is 120 Å². The van der Waals surface area contributed by atoms with Gasteiger partial charge < -0.3 is 120 Å². The van der Waals surface area contributed by atoms with E-state index < -0.39 is 195 Å². The lowest BCUT2D eigenvalue weighted by atomic mass is 9.38. The fourth-order valence-corrected chi connectivity index (χ4v) is 15.7. The Morgan fingerprint density at radius 1 is 0.620 bits per heavy atom. The van der Waals surface area contributed by atoms with Crippen LogP contribution in [0.5, 0.6) is 0 Å². The molecule has 24 heteroatoms. The molecule has 7 fully saturated rings. The molecule has 0 bridgehead atoms. The molecule has 0 aromatic rings. The molecule has 4 aliphatic carbocycles. The number of fused-ring (bicyclic) bond motifs is 5. The predicted molar refractivity (Wildman–Crippen MR) is 272 cm³/mol. The van der Waals surface area contributed by atoms with Crippen molar-refractivity contribution in [2.24, 2.45) is 51.2 Å². The summed E-state index contributed by atoms with van der Waals surface area (Å²) in [6.45, 7) is 15.1. The first-order valence-corrected chi connectivity index (χ1v) is 28.4. The van der Waals surface area contributed by atoms with E-state index in [0.29, 0.717) is 25.7 Å². The van der Waals surface area contributed by atoms with Crippen molar-refractivity contribution >= 4 is 0 Å². The average Bonchev–Trinajstić information content (AvgIpc) is 3.90. The van der Waals surface area contributed by atoms with Crippen molar-refractivity contribution in [3.05, 3.63) is 11.6 Å². The van der Waals surface area contributed by atoms with Crippen molar-refractivity contribution in [3.8, 4) is 0 Å². The van der Waals surface area contributed by atoms with Gasteiger partial charge in [0.1, 0.15) is 79.4 Å². The second kappa shape index (κ2) is 23.9. The van der Waals surface area contributed by atoms with Crippen molar-refractivity contribution in [3.63, 3.8) is 0 Å². The lowest BCUT2D eigenvalue weighted by molar-refractivity contribution is -0.340. The van der Waals surface area contributed by atoms with Gasteiger partial charge >= 0.3 is 0 Å². The summed E-state index contributed by atoms with van der Waals surface area (Å²) in [5.74, 6) is -1.16. The van der Waals surface area contributed by atoms with Gasteiger partial charge in [0.15, 0.2) is 25.2 Å². The molecule has 1 unspecified atom stereocenters. The highest BCUT2D eigenvalue weighted by Crippen LogP contribution is 2.75. The minimum absolute atomic E-state index is 0.0171. The Balaban J connectivity index is 0.923. The molecule has 0 aromatic carbocycles. The monoisotopic (exact) mass is 1140 g/mol. The molecule has 3 saturated carbocycles. The van der Waals surface area contributed by atoms with Crippen LogP contribution in [0.4, 0.5) is 0 Å². The lowest BCUT2D eigenvalue weighted by Crippen LogP contribution is -2.65. The third kappa shape index (κ3) is 11.3. The van der Waals surface area contributed by atoms with Crippen molar-refractivity contribution in [1.82, 2.24) is 0 Å². The zero-order valence-corrected chi connectivity index (χ0v) is 46.9. The maximum atomic E-state index is 12.7. The van der Waals surface area contributed by atoms with Crippen LogP contribution in [0.25, 0.3) is 0 Å². The van der Waals surface area contributed by atoms with E-state index in [2.05, 4.69) is 26.8 Å². The normalized spacial score (nSPS) is 51.4. The number of hydrogen-bond acceptors (Lipinski definition) is 24. The SMILES string of the molecule is C[C@H]1[C@H](O)[C@@H](O)[C@H](OC[C@H]2O[C@@H](O[C@H](CC(O)[C@@H](C)[C@H]3CC[C@@]4(C)[C@@H]5CC=C6[C@@H](CC[C@H](O[C@@H]7O[C@H](CO[C@@H]8O[C@H](CO)[C@@H](O)[C@H](O)[C@H]8O)[C@@H](O)[C@H](O)[C@H]7O)C6(C)C)[C@]5(C)[C@H](O)C[C@]34C)C(C)(C)O)[C@H](O)[C@@H](O)[C@@H]2O)O[C@@H]1CO. The summed E-state index contributed by atoms with van der Waals surface area (Å²) in [4.78, 5) is 0. The number of aliphatic hydroxyl groups is 16. The summed E-state index contributed by atoms with van der Waals surface area (Å²) < 4.78 is 47.1. The largest absolute Gasteiger partial charge is 0.394 e. The molecule has 458 valence electrons. The Morgan fingerprint density at radius 3 is 1.67 bits per heavy atom. The van der Waals surface area contributed by atoms with E-state index in [1.54, 1.807) is 6.92 Å². The third-order valence-electron chi connectivity index (χ3n) is 21.3. The van der Waals surface area contributed by atoms with Crippen LogP contribution < -0.4 is 0 Å². The van der Waals surface area contributed by atoms with Gasteiger partial charge in [-0.05, 0) is 86.9 Å². The molecular weight excluding hydrogens is 1040 g/mol.